The maximum Gasteiger partial charge on any atom is 0.206 e. The molecule has 102 valence electrons. The number of aryl methyl sites for hydroxylation is 1. The number of fused-ring (bicyclic) bond motifs is 1. The highest BCUT2D eigenvalue weighted by atomic mass is 32.2. The monoisotopic (exact) mass is 287 g/mol. The summed E-state index contributed by atoms with van der Waals surface area (Å²) in [4.78, 5) is 7.75. The summed E-state index contributed by atoms with van der Waals surface area (Å²) >= 11 is 0. The van der Waals surface area contributed by atoms with Crippen LogP contribution in [-0.2, 0) is 9.84 Å². The SMILES string of the molecule is Cc1nc2ccc(S(=O)(=O)c3ccc(N)cc3)cc2[nH]1. The molecular weight excluding hydrogens is 274 g/mol. The Labute approximate surface area is 116 Å². The van der Waals surface area contributed by atoms with E-state index in [1.165, 1.54) is 12.1 Å². The zero-order valence-electron chi connectivity index (χ0n) is 10.8. The number of nitrogens with two attached hydrogens (primary N) is 1. The van der Waals surface area contributed by atoms with Crippen molar-refractivity contribution in [3.8, 4) is 0 Å². The maximum atomic E-state index is 12.5. The number of nitrogen functional groups attached to an aromatic ring is 1. The van der Waals surface area contributed by atoms with E-state index in [1.807, 2.05) is 6.92 Å². The number of anilines is 1. The van der Waals surface area contributed by atoms with E-state index < -0.39 is 9.84 Å². The highest BCUT2D eigenvalue weighted by molar-refractivity contribution is 7.91. The molecule has 0 radical (unpaired) electrons. The van der Waals surface area contributed by atoms with Gasteiger partial charge in [0, 0.05) is 5.69 Å². The fraction of sp³-hybridized carbons (Fsp3) is 0.0714. The second kappa shape index (κ2) is 4.35. The van der Waals surface area contributed by atoms with Gasteiger partial charge in [0.1, 0.15) is 5.82 Å². The second-order valence-corrected chi connectivity index (χ2v) is 6.52. The smallest absolute Gasteiger partial charge is 0.206 e. The predicted octanol–water partition coefficient (Wildman–Crippen LogP) is 2.29. The quantitative estimate of drug-likeness (QED) is 0.708. The maximum absolute atomic E-state index is 12.5. The van der Waals surface area contributed by atoms with Crippen molar-refractivity contribution in [3.63, 3.8) is 0 Å². The molecular formula is C14H13N3O2S. The minimum atomic E-state index is -3.54. The van der Waals surface area contributed by atoms with Crippen LogP contribution in [0.2, 0.25) is 0 Å². The lowest BCUT2D eigenvalue weighted by molar-refractivity contribution is 0.596. The summed E-state index contributed by atoms with van der Waals surface area (Å²) in [6, 6.07) is 11.0. The molecule has 0 fully saturated rings. The van der Waals surface area contributed by atoms with Crippen LogP contribution in [0.5, 0.6) is 0 Å². The molecule has 0 amide bonds. The molecule has 3 rings (SSSR count). The molecule has 0 aliphatic rings. The van der Waals surface area contributed by atoms with Crippen LogP contribution in [0.15, 0.2) is 52.3 Å². The molecule has 0 spiro atoms. The van der Waals surface area contributed by atoms with Gasteiger partial charge in [0.05, 0.1) is 20.8 Å². The van der Waals surface area contributed by atoms with E-state index in [4.69, 9.17) is 5.73 Å². The van der Waals surface area contributed by atoms with E-state index in [0.717, 1.165) is 11.3 Å². The molecule has 0 aliphatic carbocycles. The highest BCUT2D eigenvalue weighted by Crippen LogP contribution is 2.24. The number of benzene rings is 2. The molecule has 0 aliphatic heterocycles. The Balaban J connectivity index is 2.15. The zero-order valence-corrected chi connectivity index (χ0v) is 11.6. The first-order valence-electron chi connectivity index (χ1n) is 6.04. The van der Waals surface area contributed by atoms with E-state index in [9.17, 15) is 8.42 Å². The molecule has 0 saturated heterocycles. The molecule has 1 aromatic heterocycles. The Bertz CT molecular complexity index is 880. The van der Waals surface area contributed by atoms with Gasteiger partial charge < -0.3 is 10.7 Å². The molecule has 0 unspecified atom stereocenters. The van der Waals surface area contributed by atoms with Crippen molar-refractivity contribution in [2.24, 2.45) is 0 Å². The zero-order chi connectivity index (χ0) is 14.3. The van der Waals surface area contributed by atoms with Crippen LogP contribution in [0.4, 0.5) is 5.69 Å². The number of nitrogens with zero attached hydrogens (tertiary/aromatic N) is 1. The van der Waals surface area contributed by atoms with E-state index in [2.05, 4.69) is 9.97 Å². The standard InChI is InChI=1S/C14H13N3O2S/c1-9-16-13-7-6-12(8-14(13)17-9)20(18,19)11-4-2-10(15)3-5-11/h2-8H,15H2,1H3,(H,16,17). The third-order valence-electron chi connectivity index (χ3n) is 3.07. The lowest BCUT2D eigenvalue weighted by Gasteiger charge is -2.05. The largest absolute Gasteiger partial charge is 0.399 e. The summed E-state index contributed by atoms with van der Waals surface area (Å²) in [5.41, 5.74) is 7.57. The summed E-state index contributed by atoms with van der Waals surface area (Å²) in [7, 11) is -3.54. The van der Waals surface area contributed by atoms with Crippen molar-refractivity contribution in [2.75, 3.05) is 5.73 Å². The van der Waals surface area contributed by atoms with Crippen molar-refractivity contribution in [1.82, 2.24) is 9.97 Å². The van der Waals surface area contributed by atoms with Crippen molar-refractivity contribution < 1.29 is 8.42 Å². The number of hydrogen-bond donors (Lipinski definition) is 2. The number of hydrogen-bond acceptors (Lipinski definition) is 4. The van der Waals surface area contributed by atoms with Gasteiger partial charge >= 0.3 is 0 Å². The minimum absolute atomic E-state index is 0.224. The van der Waals surface area contributed by atoms with Crippen molar-refractivity contribution in [3.05, 3.63) is 48.3 Å². The summed E-state index contributed by atoms with van der Waals surface area (Å²) in [6.07, 6.45) is 0. The van der Waals surface area contributed by atoms with Crippen LogP contribution in [0, 0.1) is 6.92 Å². The number of imidazole rings is 1. The van der Waals surface area contributed by atoms with Gasteiger partial charge in [-0.25, -0.2) is 13.4 Å². The molecule has 6 heteroatoms. The summed E-state index contributed by atoms with van der Waals surface area (Å²) in [6.45, 7) is 1.83. The summed E-state index contributed by atoms with van der Waals surface area (Å²) < 4.78 is 25.0. The van der Waals surface area contributed by atoms with E-state index in [0.29, 0.717) is 11.2 Å². The number of aromatic amines is 1. The molecule has 2 aromatic carbocycles. The average molecular weight is 287 g/mol. The molecule has 0 bridgehead atoms. The lowest BCUT2D eigenvalue weighted by atomic mass is 10.3. The number of aromatic nitrogens is 2. The first-order valence-corrected chi connectivity index (χ1v) is 7.52. The first kappa shape index (κ1) is 12.7. The van der Waals surface area contributed by atoms with Crippen LogP contribution in [-0.4, -0.2) is 18.4 Å². The van der Waals surface area contributed by atoms with Gasteiger partial charge in [-0.15, -0.1) is 0 Å². The molecule has 1 heterocycles. The van der Waals surface area contributed by atoms with Gasteiger partial charge in [-0.2, -0.15) is 0 Å². The van der Waals surface area contributed by atoms with Crippen LogP contribution in [0.1, 0.15) is 5.82 Å². The molecule has 3 aromatic rings. The third-order valence-corrected chi connectivity index (χ3v) is 4.84. The van der Waals surface area contributed by atoms with Crippen LogP contribution >= 0.6 is 0 Å². The molecule has 5 nitrogen and oxygen atoms in total. The topological polar surface area (TPSA) is 88.8 Å². The molecule has 3 N–H and O–H groups in total. The Hall–Kier alpha value is -2.34. The molecule has 0 atom stereocenters. The fourth-order valence-electron chi connectivity index (χ4n) is 2.07. The fourth-order valence-corrected chi connectivity index (χ4v) is 3.35. The van der Waals surface area contributed by atoms with E-state index >= 15 is 0 Å². The second-order valence-electron chi connectivity index (χ2n) is 4.57. The van der Waals surface area contributed by atoms with Crippen LogP contribution in [0.3, 0.4) is 0 Å². The Morgan fingerprint density at radius 1 is 1.05 bits per heavy atom. The summed E-state index contributed by atoms with van der Waals surface area (Å²) in [5, 5.41) is 0. The third kappa shape index (κ3) is 2.04. The van der Waals surface area contributed by atoms with Gasteiger partial charge in [-0.05, 0) is 49.4 Å². The Morgan fingerprint density at radius 2 is 1.70 bits per heavy atom. The van der Waals surface area contributed by atoms with Crippen molar-refractivity contribution in [2.45, 2.75) is 16.7 Å². The minimum Gasteiger partial charge on any atom is -0.399 e. The molecule has 0 saturated carbocycles. The van der Waals surface area contributed by atoms with Crippen LogP contribution in [0.25, 0.3) is 11.0 Å². The number of H-pyrrole nitrogens is 1. The normalized spacial score (nSPS) is 11.8. The van der Waals surface area contributed by atoms with Crippen LogP contribution < -0.4 is 5.73 Å². The van der Waals surface area contributed by atoms with Gasteiger partial charge in [-0.1, -0.05) is 0 Å². The number of rotatable bonds is 2. The van der Waals surface area contributed by atoms with Gasteiger partial charge in [0.15, 0.2) is 0 Å². The van der Waals surface area contributed by atoms with Crippen molar-refractivity contribution >= 4 is 26.6 Å². The lowest BCUT2D eigenvalue weighted by Crippen LogP contribution is -2.02. The Kier molecular flexibility index (Phi) is 2.76. The van der Waals surface area contributed by atoms with Crippen molar-refractivity contribution in [1.29, 1.82) is 0 Å². The first-order chi connectivity index (χ1) is 9.46. The number of nitrogens with one attached hydrogen (secondary N) is 1. The van der Waals surface area contributed by atoms with Gasteiger partial charge in [0.25, 0.3) is 0 Å². The Morgan fingerprint density at radius 3 is 2.40 bits per heavy atom. The number of sulfone groups is 1. The summed E-state index contributed by atoms with van der Waals surface area (Å²) in [5.74, 6) is 0.752. The van der Waals surface area contributed by atoms with Gasteiger partial charge in [0.2, 0.25) is 9.84 Å². The van der Waals surface area contributed by atoms with Gasteiger partial charge in [-0.3, -0.25) is 0 Å². The average Bonchev–Trinajstić information content (AvgIpc) is 2.78. The predicted molar refractivity (Wildman–Crippen MR) is 77.1 cm³/mol. The molecule has 20 heavy (non-hydrogen) atoms. The van der Waals surface area contributed by atoms with E-state index in [1.54, 1.807) is 30.3 Å². The van der Waals surface area contributed by atoms with E-state index in [-0.39, 0.29) is 9.79 Å². The highest BCUT2D eigenvalue weighted by Gasteiger charge is 2.18.